The summed E-state index contributed by atoms with van der Waals surface area (Å²) >= 11 is 0. The minimum Gasteiger partial charge on any atom is -0.493 e. The molecule has 128 valence electrons. The summed E-state index contributed by atoms with van der Waals surface area (Å²) in [5.41, 5.74) is 1.88. The minimum absolute atomic E-state index is 0.000646. The first-order valence-corrected chi connectivity index (χ1v) is 8.24. The zero-order valence-corrected chi connectivity index (χ0v) is 14.1. The summed E-state index contributed by atoms with van der Waals surface area (Å²) in [5, 5.41) is 20.2. The van der Waals surface area contributed by atoms with Gasteiger partial charge in [0.25, 0.3) is 5.69 Å². The molecule has 5 nitrogen and oxygen atoms in total. The molecule has 0 saturated carbocycles. The van der Waals surface area contributed by atoms with Gasteiger partial charge in [-0.2, -0.15) is 5.26 Å². The molecule has 5 heteroatoms. The van der Waals surface area contributed by atoms with Crippen LogP contribution >= 0.6 is 0 Å². The molecule has 0 saturated heterocycles. The second kappa shape index (κ2) is 9.24. The van der Waals surface area contributed by atoms with E-state index in [1.165, 1.54) is 12.1 Å². The summed E-state index contributed by atoms with van der Waals surface area (Å²) in [6, 6.07) is 15.7. The second-order valence-electron chi connectivity index (χ2n) is 5.57. The van der Waals surface area contributed by atoms with E-state index in [2.05, 4.69) is 13.0 Å². The molecule has 0 atom stereocenters. The molecule has 25 heavy (non-hydrogen) atoms. The zero-order chi connectivity index (χ0) is 18.1. The molecule has 0 N–H and O–H groups in total. The zero-order valence-electron chi connectivity index (χ0n) is 14.1. The van der Waals surface area contributed by atoms with Gasteiger partial charge in [0.05, 0.1) is 23.2 Å². The monoisotopic (exact) mass is 336 g/mol. The standard InChI is InChI=1S/C20H20N2O3/c1-2-3-6-13-25-20-8-5-4-7-17(20)14-18(15-21)16-9-11-19(12-10-16)22(23)24/h4-5,7-12,14H,2-3,6,13H2,1H3. The smallest absolute Gasteiger partial charge is 0.269 e. The van der Waals surface area contributed by atoms with E-state index in [9.17, 15) is 15.4 Å². The fourth-order valence-corrected chi connectivity index (χ4v) is 2.36. The van der Waals surface area contributed by atoms with Crippen molar-refractivity contribution in [2.75, 3.05) is 6.61 Å². The Kier molecular flexibility index (Phi) is 6.73. The molecule has 2 rings (SSSR count). The third kappa shape index (κ3) is 5.18. The van der Waals surface area contributed by atoms with Crippen molar-refractivity contribution in [2.45, 2.75) is 26.2 Å². The third-order valence-electron chi connectivity index (χ3n) is 3.73. The molecule has 0 spiro atoms. The topological polar surface area (TPSA) is 76.2 Å². The second-order valence-corrected chi connectivity index (χ2v) is 5.57. The van der Waals surface area contributed by atoms with Gasteiger partial charge in [-0.1, -0.05) is 38.0 Å². The highest BCUT2D eigenvalue weighted by Gasteiger charge is 2.08. The fourth-order valence-electron chi connectivity index (χ4n) is 2.36. The Balaban J connectivity index is 2.24. The Bertz CT molecular complexity index is 789. The first kappa shape index (κ1) is 18.2. The van der Waals surface area contributed by atoms with Crippen LogP contribution in [0.4, 0.5) is 5.69 Å². The fraction of sp³-hybridized carbons (Fsp3) is 0.250. The third-order valence-corrected chi connectivity index (χ3v) is 3.73. The number of allylic oxidation sites excluding steroid dienone is 1. The Morgan fingerprint density at radius 3 is 2.56 bits per heavy atom. The van der Waals surface area contributed by atoms with Crippen molar-refractivity contribution in [3.05, 3.63) is 69.8 Å². The molecule has 0 aliphatic heterocycles. The predicted molar refractivity (Wildman–Crippen MR) is 98.0 cm³/mol. The first-order valence-electron chi connectivity index (χ1n) is 8.24. The van der Waals surface area contributed by atoms with E-state index in [-0.39, 0.29) is 5.69 Å². The number of hydrogen-bond acceptors (Lipinski definition) is 4. The number of nitrogens with zero attached hydrogens (tertiary/aromatic N) is 2. The van der Waals surface area contributed by atoms with Crippen LogP contribution in [0.3, 0.4) is 0 Å². The highest BCUT2D eigenvalue weighted by atomic mass is 16.6. The molecule has 0 fully saturated rings. The van der Waals surface area contributed by atoms with Crippen molar-refractivity contribution in [1.82, 2.24) is 0 Å². The normalized spacial score (nSPS) is 11.0. The summed E-state index contributed by atoms with van der Waals surface area (Å²) in [6.45, 7) is 2.78. The van der Waals surface area contributed by atoms with Crippen molar-refractivity contribution in [2.24, 2.45) is 0 Å². The SMILES string of the molecule is CCCCCOc1ccccc1C=C(C#N)c1ccc([N+](=O)[O-])cc1. The summed E-state index contributed by atoms with van der Waals surface area (Å²) in [6.07, 6.45) is 4.98. The van der Waals surface area contributed by atoms with Crippen LogP contribution in [0.2, 0.25) is 0 Å². The molecular weight excluding hydrogens is 316 g/mol. The molecule has 2 aromatic carbocycles. The van der Waals surface area contributed by atoms with Crippen LogP contribution in [-0.4, -0.2) is 11.5 Å². The van der Waals surface area contributed by atoms with Crippen LogP contribution in [0.1, 0.15) is 37.3 Å². The van der Waals surface area contributed by atoms with Gasteiger partial charge in [-0.3, -0.25) is 10.1 Å². The molecule has 0 bridgehead atoms. The van der Waals surface area contributed by atoms with Crippen molar-refractivity contribution in [3.63, 3.8) is 0 Å². The maximum absolute atomic E-state index is 10.7. The molecule has 0 aliphatic carbocycles. The molecule has 0 amide bonds. The lowest BCUT2D eigenvalue weighted by molar-refractivity contribution is -0.384. The lowest BCUT2D eigenvalue weighted by Crippen LogP contribution is -1.98. The number of unbranched alkanes of at least 4 members (excludes halogenated alkanes) is 2. The number of hydrogen-bond donors (Lipinski definition) is 0. The maximum Gasteiger partial charge on any atom is 0.269 e. The number of non-ortho nitro benzene ring substituents is 1. The molecule has 0 aromatic heterocycles. The van der Waals surface area contributed by atoms with Gasteiger partial charge >= 0.3 is 0 Å². The lowest BCUT2D eigenvalue weighted by Gasteiger charge is -2.09. The summed E-state index contributed by atoms with van der Waals surface area (Å²) in [5.74, 6) is 0.730. The van der Waals surface area contributed by atoms with Crippen molar-refractivity contribution >= 4 is 17.3 Å². The molecule has 0 aliphatic rings. The number of nitro benzene ring substituents is 1. The molecule has 0 radical (unpaired) electrons. The number of nitro groups is 1. The Morgan fingerprint density at radius 2 is 1.92 bits per heavy atom. The summed E-state index contributed by atoms with van der Waals surface area (Å²) in [4.78, 5) is 10.3. The number of rotatable bonds is 8. The molecule has 2 aromatic rings. The van der Waals surface area contributed by atoms with Crippen molar-refractivity contribution in [3.8, 4) is 11.8 Å². The average Bonchev–Trinajstić information content (AvgIpc) is 2.64. The van der Waals surface area contributed by atoms with Gasteiger partial charge in [-0.25, -0.2) is 0 Å². The van der Waals surface area contributed by atoms with Gasteiger partial charge in [0.2, 0.25) is 0 Å². The average molecular weight is 336 g/mol. The van der Waals surface area contributed by atoms with E-state index >= 15 is 0 Å². The van der Waals surface area contributed by atoms with Gasteiger partial charge in [0.15, 0.2) is 0 Å². The highest BCUT2D eigenvalue weighted by Crippen LogP contribution is 2.26. The van der Waals surface area contributed by atoms with Crippen LogP contribution in [0.15, 0.2) is 48.5 Å². The quantitative estimate of drug-likeness (QED) is 0.217. The molecule has 0 unspecified atom stereocenters. The number of para-hydroxylation sites is 1. The van der Waals surface area contributed by atoms with E-state index in [1.54, 1.807) is 18.2 Å². The maximum atomic E-state index is 10.7. The molecular formula is C20H20N2O3. The van der Waals surface area contributed by atoms with Gasteiger partial charge in [0, 0.05) is 17.7 Å². The lowest BCUT2D eigenvalue weighted by atomic mass is 10.0. The van der Waals surface area contributed by atoms with Crippen LogP contribution in [0.25, 0.3) is 11.6 Å². The Morgan fingerprint density at radius 1 is 1.20 bits per heavy atom. The highest BCUT2D eigenvalue weighted by molar-refractivity contribution is 5.90. The van der Waals surface area contributed by atoms with Gasteiger partial charge in [0.1, 0.15) is 5.75 Å². The van der Waals surface area contributed by atoms with Crippen LogP contribution in [0, 0.1) is 21.4 Å². The minimum atomic E-state index is -0.459. The summed E-state index contributed by atoms with van der Waals surface area (Å²) < 4.78 is 5.83. The van der Waals surface area contributed by atoms with E-state index in [4.69, 9.17) is 4.74 Å². The number of benzene rings is 2. The predicted octanol–water partition coefficient (Wildman–Crippen LogP) is 5.23. The summed E-state index contributed by atoms with van der Waals surface area (Å²) in [7, 11) is 0. The van der Waals surface area contributed by atoms with Gasteiger partial charge < -0.3 is 4.74 Å². The largest absolute Gasteiger partial charge is 0.493 e. The van der Waals surface area contributed by atoms with Crippen molar-refractivity contribution < 1.29 is 9.66 Å². The van der Waals surface area contributed by atoms with Crippen LogP contribution in [-0.2, 0) is 0 Å². The molecule has 0 heterocycles. The van der Waals surface area contributed by atoms with Gasteiger partial charge in [-0.05, 0) is 36.3 Å². The number of nitriles is 1. The number of ether oxygens (including phenoxy) is 1. The van der Waals surface area contributed by atoms with E-state index in [0.717, 1.165) is 30.6 Å². The van der Waals surface area contributed by atoms with E-state index in [0.29, 0.717) is 17.7 Å². The van der Waals surface area contributed by atoms with Crippen LogP contribution < -0.4 is 4.74 Å². The Hall–Kier alpha value is -3.13. The Labute approximate surface area is 147 Å². The van der Waals surface area contributed by atoms with Crippen LogP contribution in [0.5, 0.6) is 5.75 Å². The van der Waals surface area contributed by atoms with Gasteiger partial charge in [-0.15, -0.1) is 0 Å². The van der Waals surface area contributed by atoms with E-state index < -0.39 is 4.92 Å². The van der Waals surface area contributed by atoms with E-state index in [1.807, 2.05) is 24.3 Å². The van der Waals surface area contributed by atoms with Crippen molar-refractivity contribution in [1.29, 1.82) is 5.26 Å². The first-order chi connectivity index (χ1) is 12.2.